The maximum Gasteiger partial charge on any atom is 0.0452 e. The monoisotopic (exact) mass is 258 g/mol. The topological polar surface area (TPSA) is 15.3 Å². The maximum atomic E-state index is 6.16. The first kappa shape index (κ1) is 12.2. The van der Waals surface area contributed by atoms with Gasteiger partial charge in [0, 0.05) is 42.3 Å². The summed E-state index contributed by atoms with van der Waals surface area (Å²) in [6.45, 7) is 6.25. The third kappa shape index (κ3) is 2.89. The highest BCUT2D eigenvalue weighted by atomic mass is 35.5. The second kappa shape index (κ2) is 5.37. The van der Waals surface area contributed by atoms with Crippen molar-refractivity contribution in [2.24, 2.45) is 0 Å². The smallest absolute Gasteiger partial charge is 0.0452 e. The summed E-state index contributed by atoms with van der Waals surface area (Å²) < 4.78 is 0. The van der Waals surface area contributed by atoms with Gasteiger partial charge in [0.25, 0.3) is 0 Å². The van der Waals surface area contributed by atoms with E-state index in [2.05, 4.69) is 17.1 Å². The predicted octanol–water partition coefficient (Wildman–Crippen LogP) is 2.79. The molecule has 1 atom stereocenters. The molecule has 88 valence electrons. The van der Waals surface area contributed by atoms with Gasteiger partial charge in [-0.2, -0.15) is 0 Å². The van der Waals surface area contributed by atoms with Gasteiger partial charge in [0.05, 0.1) is 0 Å². The minimum atomic E-state index is 0.545. The van der Waals surface area contributed by atoms with E-state index in [1.54, 1.807) is 0 Å². The summed E-state index contributed by atoms with van der Waals surface area (Å²) in [6, 6.07) is 6.20. The summed E-state index contributed by atoms with van der Waals surface area (Å²) in [7, 11) is 0. The largest absolute Gasteiger partial charge is 0.314 e. The lowest BCUT2D eigenvalue weighted by Gasteiger charge is -2.34. The zero-order chi connectivity index (χ0) is 11.5. The third-order valence-electron chi connectivity index (χ3n) is 3.02. The molecule has 1 aromatic carbocycles. The van der Waals surface area contributed by atoms with Crippen LogP contribution in [0, 0.1) is 0 Å². The van der Waals surface area contributed by atoms with Crippen molar-refractivity contribution in [3.8, 4) is 0 Å². The molecular formula is C12H16Cl2N2. The van der Waals surface area contributed by atoms with Crippen molar-refractivity contribution in [2.75, 3.05) is 19.6 Å². The Morgan fingerprint density at radius 2 is 2.25 bits per heavy atom. The van der Waals surface area contributed by atoms with Crippen LogP contribution in [0.2, 0.25) is 10.0 Å². The standard InChI is InChI=1S/C12H16Cl2N2/c1-9-7-15-4-5-16(9)8-10-6-11(13)2-3-12(10)14/h2-3,6,9,15H,4-5,7-8H2,1H3. The minimum absolute atomic E-state index is 0.545. The predicted molar refractivity (Wildman–Crippen MR) is 69.2 cm³/mol. The summed E-state index contributed by atoms with van der Waals surface area (Å²) in [5, 5.41) is 4.93. The van der Waals surface area contributed by atoms with Gasteiger partial charge in [0.1, 0.15) is 0 Å². The van der Waals surface area contributed by atoms with Gasteiger partial charge in [0.15, 0.2) is 0 Å². The number of hydrogen-bond acceptors (Lipinski definition) is 2. The molecule has 0 radical (unpaired) electrons. The van der Waals surface area contributed by atoms with E-state index in [9.17, 15) is 0 Å². The molecule has 0 bridgehead atoms. The number of rotatable bonds is 2. The highest BCUT2D eigenvalue weighted by Crippen LogP contribution is 2.23. The Morgan fingerprint density at radius 3 is 3.00 bits per heavy atom. The lowest BCUT2D eigenvalue weighted by molar-refractivity contribution is 0.165. The van der Waals surface area contributed by atoms with Crippen LogP contribution in [0.15, 0.2) is 18.2 Å². The number of hydrogen-bond donors (Lipinski definition) is 1. The molecule has 0 saturated carbocycles. The fourth-order valence-corrected chi connectivity index (χ4v) is 2.37. The molecule has 2 nitrogen and oxygen atoms in total. The Labute approximate surface area is 107 Å². The molecule has 1 aliphatic rings. The Balaban J connectivity index is 2.10. The normalized spacial score (nSPS) is 22.3. The number of nitrogens with zero attached hydrogens (tertiary/aromatic N) is 1. The lowest BCUT2D eigenvalue weighted by atomic mass is 10.1. The molecule has 1 saturated heterocycles. The first-order valence-corrected chi connectivity index (χ1v) is 6.31. The van der Waals surface area contributed by atoms with Gasteiger partial charge in [-0.15, -0.1) is 0 Å². The molecule has 2 rings (SSSR count). The number of nitrogens with one attached hydrogen (secondary N) is 1. The van der Waals surface area contributed by atoms with Gasteiger partial charge in [-0.05, 0) is 30.7 Å². The molecule has 0 aliphatic carbocycles. The average Bonchev–Trinajstić information content (AvgIpc) is 2.27. The summed E-state index contributed by atoms with van der Waals surface area (Å²) in [6.07, 6.45) is 0. The van der Waals surface area contributed by atoms with Crippen molar-refractivity contribution in [1.82, 2.24) is 10.2 Å². The van der Waals surface area contributed by atoms with E-state index in [-0.39, 0.29) is 0 Å². The molecule has 0 spiro atoms. The van der Waals surface area contributed by atoms with E-state index >= 15 is 0 Å². The number of benzene rings is 1. The Kier molecular flexibility index (Phi) is 4.09. The lowest BCUT2D eigenvalue weighted by Crippen LogP contribution is -2.49. The molecule has 0 amide bonds. The van der Waals surface area contributed by atoms with Crippen LogP contribution in [0.25, 0.3) is 0 Å². The van der Waals surface area contributed by atoms with Crippen molar-refractivity contribution in [2.45, 2.75) is 19.5 Å². The number of piperazine rings is 1. The SMILES string of the molecule is CC1CNCCN1Cc1cc(Cl)ccc1Cl. The summed E-state index contributed by atoms with van der Waals surface area (Å²) in [4.78, 5) is 2.42. The van der Waals surface area contributed by atoms with Gasteiger partial charge >= 0.3 is 0 Å². The third-order valence-corrected chi connectivity index (χ3v) is 3.62. The summed E-state index contributed by atoms with van der Waals surface area (Å²) in [5.41, 5.74) is 1.11. The molecule has 1 heterocycles. The average molecular weight is 259 g/mol. The van der Waals surface area contributed by atoms with Gasteiger partial charge < -0.3 is 5.32 Å². The highest BCUT2D eigenvalue weighted by molar-refractivity contribution is 6.33. The van der Waals surface area contributed by atoms with E-state index in [4.69, 9.17) is 23.2 Å². The minimum Gasteiger partial charge on any atom is -0.314 e. The van der Waals surface area contributed by atoms with Gasteiger partial charge in [0.2, 0.25) is 0 Å². The first-order chi connectivity index (χ1) is 7.66. The van der Waals surface area contributed by atoms with Crippen LogP contribution >= 0.6 is 23.2 Å². The zero-order valence-corrected chi connectivity index (χ0v) is 10.9. The Bertz CT molecular complexity index is 368. The zero-order valence-electron chi connectivity index (χ0n) is 9.34. The fourth-order valence-electron chi connectivity index (χ4n) is 2.00. The first-order valence-electron chi connectivity index (χ1n) is 5.55. The van der Waals surface area contributed by atoms with Crippen molar-refractivity contribution < 1.29 is 0 Å². The maximum absolute atomic E-state index is 6.16. The Morgan fingerprint density at radius 1 is 1.44 bits per heavy atom. The molecule has 1 N–H and O–H groups in total. The van der Waals surface area contributed by atoms with E-state index in [0.29, 0.717) is 6.04 Å². The Hall–Kier alpha value is -0.280. The van der Waals surface area contributed by atoms with Gasteiger partial charge in [-0.25, -0.2) is 0 Å². The van der Waals surface area contributed by atoms with Crippen molar-refractivity contribution in [3.63, 3.8) is 0 Å². The van der Waals surface area contributed by atoms with Crippen molar-refractivity contribution in [1.29, 1.82) is 0 Å². The van der Waals surface area contributed by atoms with Crippen LogP contribution in [0.3, 0.4) is 0 Å². The second-order valence-corrected chi connectivity index (χ2v) is 5.10. The molecule has 16 heavy (non-hydrogen) atoms. The molecule has 1 unspecified atom stereocenters. The highest BCUT2D eigenvalue weighted by Gasteiger charge is 2.18. The van der Waals surface area contributed by atoms with Crippen molar-refractivity contribution in [3.05, 3.63) is 33.8 Å². The van der Waals surface area contributed by atoms with E-state index < -0.39 is 0 Å². The van der Waals surface area contributed by atoms with E-state index in [0.717, 1.165) is 41.8 Å². The molecule has 0 aromatic heterocycles. The second-order valence-electron chi connectivity index (χ2n) is 4.26. The van der Waals surface area contributed by atoms with Crippen LogP contribution in [0.5, 0.6) is 0 Å². The van der Waals surface area contributed by atoms with Crippen LogP contribution in [0.1, 0.15) is 12.5 Å². The van der Waals surface area contributed by atoms with Crippen molar-refractivity contribution >= 4 is 23.2 Å². The molecule has 1 aliphatic heterocycles. The van der Waals surface area contributed by atoms with Crippen LogP contribution in [0.4, 0.5) is 0 Å². The van der Waals surface area contributed by atoms with Crippen LogP contribution in [-0.2, 0) is 6.54 Å². The molecule has 1 aromatic rings. The van der Waals surface area contributed by atoms with E-state index in [1.807, 2.05) is 18.2 Å². The quantitative estimate of drug-likeness (QED) is 0.878. The summed E-state index contributed by atoms with van der Waals surface area (Å²) >= 11 is 12.1. The molecule has 1 fully saturated rings. The number of halogens is 2. The van der Waals surface area contributed by atoms with Gasteiger partial charge in [-0.3, -0.25) is 4.90 Å². The molecule has 4 heteroatoms. The van der Waals surface area contributed by atoms with Crippen LogP contribution < -0.4 is 5.32 Å². The van der Waals surface area contributed by atoms with E-state index in [1.165, 1.54) is 0 Å². The fraction of sp³-hybridized carbons (Fsp3) is 0.500. The van der Waals surface area contributed by atoms with Crippen LogP contribution in [-0.4, -0.2) is 30.6 Å². The van der Waals surface area contributed by atoms with Gasteiger partial charge in [-0.1, -0.05) is 23.2 Å². The summed E-state index contributed by atoms with van der Waals surface area (Å²) in [5.74, 6) is 0. The molecular weight excluding hydrogens is 243 g/mol.